The lowest BCUT2D eigenvalue weighted by molar-refractivity contribution is -0.152. The molecule has 3 amide bonds. The summed E-state index contributed by atoms with van der Waals surface area (Å²) >= 11 is 0. The van der Waals surface area contributed by atoms with Crippen molar-refractivity contribution < 1.29 is 37.4 Å². The number of rotatable bonds is 11. The van der Waals surface area contributed by atoms with Crippen LogP contribution in [0, 0.1) is 0 Å². The lowest BCUT2D eigenvalue weighted by Gasteiger charge is -2.38. The number of amides is 3. The molecule has 0 aromatic heterocycles. The van der Waals surface area contributed by atoms with Crippen LogP contribution in [-0.4, -0.2) is 83.8 Å². The highest BCUT2D eigenvalue weighted by Crippen LogP contribution is 2.20. The van der Waals surface area contributed by atoms with E-state index in [-0.39, 0.29) is 6.54 Å². The van der Waals surface area contributed by atoms with E-state index in [9.17, 15) is 32.7 Å². The number of carboxylic acids is 1. The van der Waals surface area contributed by atoms with Crippen LogP contribution in [-0.2, 0) is 16.0 Å². The fourth-order valence-electron chi connectivity index (χ4n) is 2.89. The molecule has 0 bridgehead atoms. The lowest BCUT2D eigenvalue weighted by Crippen LogP contribution is -2.69. The Bertz CT molecular complexity index is 841. The lowest BCUT2D eigenvalue weighted by atomic mass is 10.1. The Morgan fingerprint density at radius 1 is 1.31 bits per heavy atom. The van der Waals surface area contributed by atoms with Crippen molar-refractivity contribution in [2.24, 2.45) is 0 Å². The Kier molecular flexibility index (Phi) is 8.44. The van der Waals surface area contributed by atoms with E-state index in [4.69, 9.17) is 4.74 Å². The Morgan fingerprint density at radius 3 is 2.62 bits per heavy atom. The van der Waals surface area contributed by atoms with Gasteiger partial charge in [-0.2, -0.15) is 0 Å². The van der Waals surface area contributed by atoms with E-state index in [2.05, 4.69) is 10.7 Å². The number of carbonyl (C=O) groups is 3. The molecule has 1 aromatic rings. The zero-order chi connectivity index (χ0) is 24.1. The monoisotopic (exact) mass is 460 g/mol. The molecule has 2 rings (SSSR count). The highest BCUT2D eigenvalue weighted by atomic mass is 19.2. The summed E-state index contributed by atoms with van der Waals surface area (Å²) in [6, 6.07) is 5.88. The Morgan fingerprint density at radius 2 is 2.00 bits per heavy atom. The summed E-state index contributed by atoms with van der Waals surface area (Å²) in [5.74, 6) is -1.57. The average molecular weight is 460 g/mol. The normalized spacial score (nSPS) is 19.1. The van der Waals surface area contributed by atoms with Crippen LogP contribution in [0.1, 0.15) is 19.4 Å². The second-order valence-electron chi connectivity index (χ2n) is 7.81. The number of aliphatic carboxylic acids is 1. The molecule has 0 spiro atoms. The minimum absolute atomic E-state index is 0.250. The molecule has 1 saturated heterocycles. The maximum Gasteiger partial charge on any atom is 0.347 e. The van der Waals surface area contributed by atoms with Gasteiger partial charge in [0, 0.05) is 13.6 Å². The van der Waals surface area contributed by atoms with Gasteiger partial charge in [0.1, 0.15) is 12.4 Å². The summed E-state index contributed by atoms with van der Waals surface area (Å²) < 4.78 is 44.8. The minimum atomic E-state index is -2.43. The summed E-state index contributed by atoms with van der Waals surface area (Å²) in [4.78, 5) is 36.4. The maximum atomic E-state index is 13.8. The van der Waals surface area contributed by atoms with E-state index >= 15 is 0 Å². The average Bonchev–Trinajstić information content (AvgIpc) is 2.73. The first-order valence-electron chi connectivity index (χ1n) is 9.90. The zero-order valence-corrected chi connectivity index (χ0v) is 18.0. The number of hydrogen-bond donors (Lipinski definition) is 3. The number of alkyl halides is 3. The van der Waals surface area contributed by atoms with E-state index in [1.165, 1.54) is 20.9 Å². The number of halogens is 3. The SMILES string of the molecule is CN1NC(NCCc2cccc(OC(C)(C)C(=O)O)c2)C(=O)N(CC(F)C(F)CF)C1=O. The quantitative estimate of drug-likeness (QED) is 0.458. The Balaban J connectivity index is 1.97. The first-order valence-corrected chi connectivity index (χ1v) is 9.90. The van der Waals surface area contributed by atoms with Crippen LogP contribution in [0.15, 0.2) is 24.3 Å². The van der Waals surface area contributed by atoms with Gasteiger partial charge in [-0.3, -0.25) is 20.0 Å². The summed E-state index contributed by atoms with van der Waals surface area (Å²) in [5.41, 5.74) is 1.98. The number of nitrogens with one attached hydrogen (secondary N) is 2. The standard InChI is InChI=1S/C20H27F3N4O5/c1-20(2,18(29)30)32-13-6-4-5-12(9-13)7-8-24-16-17(28)27(19(31)26(3)25-16)11-15(23)14(22)10-21/h4-6,9,14-16,24-25H,7-8,10-11H2,1-3H3,(H,29,30). The predicted octanol–water partition coefficient (Wildman–Crippen LogP) is 1.43. The fraction of sp³-hybridized carbons (Fsp3) is 0.550. The Hall–Kier alpha value is -2.86. The third-order valence-electron chi connectivity index (χ3n) is 4.80. The highest BCUT2D eigenvalue weighted by Gasteiger charge is 2.39. The maximum absolute atomic E-state index is 13.8. The molecule has 0 aliphatic carbocycles. The molecule has 0 saturated carbocycles. The van der Waals surface area contributed by atoms with E-state index in [0.29, 0.717) is 17.1 Å². The van der Waals surface area contributed by atoms with Crippen molar-refractivity contribution in [2.75, 3.05) is 26.8 Å². The van der Waals surface area contributed by atoms with E-state index in [1.54, 1.807) is 24.3 Å². The smallest absolute Gasteiger partial charge is 0.347 e. The molecule has 1 aliphatic rings. The molecule has 178 valence electrons. The van der Waals surface area contributed by atoms with Gasteiger partial charge >= 0.3 is 12.0 Å². The van der Waals surface area contributed by atoms with Crippen molar-refractivity contribution in [3.8, 4) is 5.75 Å². The van der Waals surface area contributed by atoms with Gasteiger partial charge in [0.15, 0.2) is 24.1 Å². The van der Waals surface area contributed by atoms with E-state index in [0.717, 1.165) is 10.6 Å². The van der Waals surface area contributed by atoms with Gasteiger partial charge in [-0.25, -0.2) is 28.2 Å². The number of imide groups is 1. The number of hydrazine groups is 1. The first kappa shape index (κ1) is 25.4. The molecule has 1 aliphatic heterocycles. The molecule has 32 heavy (non-hydrogen) atoms. The molecule has 0 radical (unpaired) electrons. The number of nitrogens with zero attached hydrogens (tertiary/aromatic N) is 2. The first-order chi connectivity index (χ1) is 15.0. The number of ether oxygens (including phenoxy) is 1. The minimum Gasteiger partial charge on any atom is -0.478 e. The third kappa shape index (κ3) is 6.33. The summed E-state index contributed by atoms with van der Waals surface area (Å²) in [5, 5.41) is 13.0. The van der Waals surface area contributed by atoms with Gasteiger partial charge in [-0.1, -0.05) is 12.1 Å². The van der Waals surface area contributed by atoms with Gasteiger partial charge in [0.2, 0.25) is 0 Å². The van der Waals surface area contributed by atoms with Gasteiger partial charge in [-0.15, -0.1) is 0 Å². The van der Waals surface area contributed by atoms with Gasteiger partial charge in [0.05, 0.1) is 6.54 Å². The van der Waals surface area contributed by atoms with Crippen LogP contribution >= 0.6 is 0 Å². The largest absolute Gasteiger partial charge is 0.478 e. The van der Waals surface area contributed by atoms with Crippen LogP contribution in [0.5, 0.6) is 5.75 Å². The molecule has 3 N–H and O–H groups in total. The topological polar surface area (TPSA) is 111 Å². The van der Waals surface area contributed by atoms with E-state index in [1.807, 2.05) is 0 Å². The van der Waals surface area contributed by atoms with Crippen molar-refractivity contribution in [1.82, 2.24) is 20.7 Å². The molecule has 12 heteroatoms. The number of carbonyl (C=O) groups excluding carboxylic acids is 2. The zero-order valence-electron chi connectivity index (χ0n) is 18.0. The number of hydrogen-bond acceptors (Lipinski definition) is 6. The van der Waals surface area contributed by atoms with Crippen molar-refractivity contribution in [3.63, 3.8) is 0 Å². The van der Waals surface area contributed by atoms with E-state index < -0.39 is 55.2 Å². The molecule has 1 aromatic carbocycles. The van der Waals surface area contributed by atoms with Crippen LogP contribution in [0.25, 0.3) is 0 Å². The van der Waals surface area contributed by atoms with Crippen LogP contribution in [0.3, 0.4) is 0 Å². The number of carboxylic acid groups (broad SMARTS) is 1. The van der Waals surface area contributed by atoms with Crippen LogP contribution < -0.4 is 15.5 Å². The molecule has 9 nitrogen and oxygen atoms in total. The van der Waals surface area contributed by atoms with Crippen molar-refractivity contribution >= 4 is 17.9 Å². The molecule has 3 atom stereocenters. The summed E-state index contributed by atoms with van der Waals surface area (Å²) in [7, 11) is 1.32. The van der Waals surface area contributed by atoms with Gasteiger partial charge < -0.3 is 9.84 Å². The molecule has 1 heterocycles. The van der Waals surface area contributed by atoms with Crippen LogP contribution in [0.4, 0.5) is 18.0 Å². The second-order valence-corrected chi connectivity index (χ2v) is 7.81. The molecular formula is C20H27F3N4O5. The molecule has 1 fully saturated rings. The van der Waals surface area contributed by atoms with Crippen LogP contribution in [0.2, 0.25) is 0 Å². The number of urea groups is 1. The summed E-state index contributed by atoms with van der Waals surface area (Å²) in [6.45, 7) is 0.647. The number of benzene rings is 1. The van der Waals surface area contributed by atoms with Crippen molar-refractivity contribution in [3.05, 3.63) is 29.8 Å². The van der Waals surface area contributed by atoms with Gasteiger partial charge in [0.25, 0.3) is 5.91 Å². The van der Waals surface area contributed by atoms with Crippen molar-refractivity contribution in [1.29, 1.82) is 0 Å². The molecule has 3 unspecified atom stereocenters. The third-order valence-corrected chi connectivity index (χ3v) is 4.80. The fourth-order valence-corrected chi connectivity index (χ4v) is 2.89. The predicted molar refractivity (Wildman–Crippen MR) is 108 cm³/mol. The molecular weight excluding hydrogens is 433 g/mol. The Labute approximate surface area is 183 Å². The highest BCUT2D eigenvalue weighted by molar-refractivity contribution is 5.98. The van der Waals surface area contributed by atoms with Gasteiger partial charge in [-0.05, 0) is 38.0 Å². The summed E-state index contributed by atoms with van der Waals surface area (Å²) in [6.07, 6.45) is -5.44. The second kappa shape index (κ2) is 10.6. The van der Waals surface area contributed by atoms with Crippen molar-refractivity contribution in [2.45, 2.75) is 44.4 Å².